The van der Waals surface area contributed by atoms with Gasteiger partial charge in [0.05, 0.1) is 25.5 Å². The topological polar surface area (TPSA) is 97.2 Å². The van der Waals surface area contributed by atoms with Crippen LogP contribution in [-0.4, -0.2) is 45.9 Å². The molecule has 1 aromatic carbocycles. The molecule has 162 valence electrons. The molecule has 0 spiro atoms. The van der Waals surface area contributed by atoms with Crippen LogP contribution in [0.3, 0.4) is 0 Å². The Kier molecular flexibility index (Phi) is 5.45. The van der Waals surface area contributed by atoms with Crippen LogP contribution < -0.4 is 20.3 Å². The molecule has 1 atom stereocenters. The van der Waals surface area contributed by atoms with E-state index in [2.05, 4.69) is 25.7 Å². The van der Waals surface area contributed by atoms with Crippen LogP contribution in [0.5, 0.6) is 5.75 Å². The monoisotopic (exact) mass is 425 g/mol. The fraction of sp³-hybridized carbons (Fsp3) is 0.333. The summed E-state index contributed by atoms with van der Waals surface area (Å²) in [4.78, 5) is 22.9. The number of carbonyl (C=O) groups is 1. The summed E-state index contributed by atoms with van der Waals surface area (Å²) >= 11 is 0. The number of amides is 1. The molecule has 9 nitrogen and oxygen atoms in total. The molecule has 3 heterocycles. The van der Waals surface area contributed by atoms with Crippen molar-refractivity contribution >= 4 is 23.4 Å². The Balaban J connectivity index is 1.46. The highest BCUT2D eigenvalue weighted by Gasteiger charge is 2.30. The second-order valence-corrected chi connectivity index (χ2v) is 7.46. The summed E-state index contributed by atoms with van der Waals surface area (Å²) in [6, 6.07) is 4.14. The van der Waals surface area contributed by atoms with Gasteiger partial charge in [-0.2, -0.15) is 10.1 Å². The molecule has 0 bridgehead atoms. The van der Waals surface area contributed by atoms with Crippen molar-refractivity contribution in [3.05, 3.63) is 53.2 Å². The molecule has 2 N–H and O–H groups in total. The zero-order valence-corrected chi connectivity index (χ0v) is 17.8. The molecule has 1 aliphatic rings. The highest BCUT2D eigenvalue weighted by molar-refractivity contribution is 6.03. The third-order valence-corrected chi connectivity index (χ3v) is 5.33. The van der Waals surface area contributed by atoms with Gasteiger partial charge in [0.1, 0.15) is 23.3 Å². The number of fused-ring (bicyclic) bond motifs is 1. The van der Waals surface area contributed by atoms with Crippen LogP contribution in [0.15, 0.2) is 30.6 Å². The predicted octanol–water partition coefficient (Wildman–Crippen LogP) is 2.57. The number of aromatic nitrogens is 4. The fourth-order valence-corrected chi connectivity index (χ4v) is 3.41. The van der Waals surface area contributed by atoms with Gasteiger partial charge in [0.15, 0.2) is 5.82 Å². The van der Waals surface area contributed by atoms with Gasteiger partial charge in [-0.15, -0.1) is 0 Å². The molecule has 0 fully saturated rings. The van der Waals surface area contributed by atoms with E-state index in [9.17, 15) is 9.18 Å². The molecule has 0 radical (unpaired) electrons. The van der Waals surface area contributed by atoms with Crippen molar-refractivity contribution in [2.24, 2.45) is 0 Å². The number of aryl methyl sites for hydroxylation is 1. The highest BCUT2D eigenvalue weighted by atomic mass is 19.1. The van der Waals surface area contributed by atoms with Crippen molar-refractivity contribution in [1.29, 1.82) is 0 Å². The number of hydrogen-bond acceptors (Lipinski definition) is 7. The number of likely N-dealkylation sites (N-methyl/N-ethyl adjacent to an activating group) is 1. The molecule has 31 heavy (non-hydrogen) atoms. The number of rotatable bonds is 6. The summed E-state index contributed by atoms with van der Waals surface area (Å²) in [6.45, 7) is 4.60. The summed E-state index contributed by atoms with van der Waals surface area (Å²) in [5, 5.41) is 10.5. The lowest BCUT2D eigenvalue weighted by Gasteiger charge is -2.32. The van der Waals surface area contributed by atoms with Gasteiger partial charge in [-0.25, -0.2) is 9.37 Å². The van der Waals surface area contributed by atoms with Gasteiger partial charge in [0.2, 0.25) is 11.9 Å². The Hall–Kier alpha value is -3.69. The number of benzene rings is 1. The molecule has 4 rings (SSSR count). The zero-order valence-electron chi connectivity index (χ0n) is 17.8. The standard InChI is InChI=1S/C21H24FN7O2/c1-12-18-19(28(3)13(2)20(30)26-18)27-21(25-12)23-8-14-9-24-29(10-14)11-15-5-6-16(22)7-17(15)31-4/h5-7,9-10,13H,8,11H2,1-4H3,(H,26,30)(H,23,25,27)/t13-/m0/s1. The first-order valence-corrected chi connectivity index (χ1v) is 9.85. The summed E-state index contributed by atoms with van der Waals surface area (Å²) < 4.78 is 20.4. The van der Waals surface area contributed by atoms with Crippen molar-refractivity contribution in [3.63, 3.8) is 0 Å². The minimum absolute atomic E-state index is 0.0763. The van der Waals surface area contributed by atoms with Gasteiger partial charge in [0, 0.05) is 37.0 Å². The third kappa shape index (κ3) is 4.14. The predicted molar refractivity (Wildman–Crippen MR) is 115 cm³/mol. The number of nitrogens with one attached hydrogen (secondary N) is 2. The van der Waals surface area contributed by atoms with Crippen LogP contribution in [0.1, 0.15) is 23.7 Å². The summed E-state index contributed by atoms with van der Waals surface area (Å²) in [5.41, 5.74) is 3.10. The minimum atomic E-state index is -0.342. The van der Waals surface area contributed by atoms with Gasteiger partial charge in [0.25, 0.3) is 0 Å². The Labute approximate surface area is 179 Å². The quantitative estimate of drug-likeness (QED) is 0.626. The Bertz CT molecular complexity index is 1130. The van der Waals surface area contributed by atoms with Gasteiger partial charge in [-0.3, -0.25) is 9.48 Å². The van der Waals surface area contributed by atoms with E-state index >= 15 is 0 Å². The fourth-order valence-electron chi connectivity index (χ4n) is 3.41. The van der Waals surface area contributed by atoms with E-state index in [1.165, 1.54) is 19.2 Å². The molecule has 2 aromatic heterocycles. The van der Waals surface area contributed by atoms with E-state index in [-0.39, 0.29) is 17.8 Å². The molecule has 0 aliphatic carbocycles. The van der Waals surface area contributed by atoms with Crippen LogP contribution in [0, 0.1) is 12.7 Å². The van der Waals surface area contributed by atoms with Crippen LogP contribution in [0.2, 0.25) is 0 Å². The van der Waals surface area contributed by atoms with Gasteiger partial charge in [-0.1, -0.05) is 6.07 Å². The first-order chi connectivity index (χ1) is 14.9. The number of hydrogen-bond donors (Lipinski definition) is 2. The Morgan fingerprint density at radius 3 is 2.90 bits per heavy atom. The molecular formula is C21H24FN7O2. The molecule has 3 aromatic rings. The molecular weight excluding hydrogens is 401 g/mol. The van der Waals surface area contributed by atoms with Gasteiger partial charge in [-0.05, 0) is 19.9 Å². The van der Waals surface area contributed by atoms with Crippen molar-refractivity contribution in [1.82, 2.24) is 19.7 Å². The lowest BCUT2D eigenvalue weighted by atomic mass is 10.2. The Morgan fingerprint density at radius 1 is 1.32 bits per heavy atom. The van der Waals surface area contributed by atoms with E-state index in [0.717, 1.165) is 11.1 Å². The summed E-state index contributed by atoms with van der Waals surface area (Å²) in [5.74, 6) is 1.22. The lowest BCUT2D eigenvalue weighted by Crippen LogP contribution is -2.44. The number of nitrogens with zero attached hydrogens (tertiary/aromatic N) is 5. The molecule has 10 heteroatoms. The van der Waals surface area contributed by atoms with E-state index in [1.54, 1.807) is 16.9 Å². The first-order valence-electron chi connectivity index (χ1n) is 9.85. The third-order valence-electron chi connectivity index (χ3n) is 5.33. The first kappa shape index (κ1) is 20.6. The highest BCUT2D eigenvalue weighted by Crippen LogP contribution is 2.32. The van der Waals surface area contributed by atoms with E-state index in [1.807, 2.05) is 32.0 Å². The maximum atomic E-state index is 13.4. The maximum absolute atomic E-state index is 13.4. The number of ether oxygens (including phenoxy) is 1. The van der Waals surface area contributed by atoms with Crippen molar-refractivity contribution in [3.8, 4) is 5.75 Å². The second-order valence-electron chi connectivity index (χ2n) is 7.46. The Morgan fingerprint density at radius 2 is 2.13 bits per heavy atom. The average Bonchev–Trinajstić information content (AvgIpc) is 3.20. The number of halogens is 1. The van der Waals surface area contributed by atoms with E-state index < -0.39 is 0 Å². The minimum Gasteiger partial charge on any atom is -0.496 e. The smallest absolute Gasteiger partial charge is 0.246 e. The van der Waals surface area contributed by atoms with E-state index in [0.29, 0.717) is 42.0 Å². The zero-order chi connectivity index (χ0) is 22.1. The van der Waals surface area contributed by atoms with Crippen molar-refractivity contribution in [2.75, 3.05) is 29.7 Å². The lowest BCUT2D eigenvalue weighted by molar-refractivity contribution is -0.117. The molecule has 1 amide bonds. The summed E-state index contributed by atoms with van der Waals surface area (Å²) in [7, 11) is 3.35. The van der Waals surface area contributed by atoms with Crippen molar-refractivity contribution in [2.45, 2.75) is 33.0 Å². The second kappa shape index (κ2) is 8.21. The molecule has 0 saturated heterocycles. The van der Waals surface area contributed by atoms with Crippen molar-refractivity contribution < 1.29 is 13.9 Å². The van der Waals surface area contributed by atoms with Crippen LogP contribution in [-0.2, 0) is 17.9 Å². The maximum Gasteiger partial charge on any atom is 0.246 e. The van der Waals surface area contributed by atoms with E-state index in [4.69, 9.17) is 4.74 Å². The largest absolute Gasteiger partial charge is 0.496 e. The number of carbonyl (C=O) groups excluding carboxylic acids is 1. The molecule has 0 saturated carbocycles. The molecule has 1 aliphatic heterocycles. The number of methoxy groups -OCH3 is 1. The van der Waals surface area contributed by atoms with Crippen LogP contribution in [0.25, 0.3) is 0 Å². The van der Waals surface area contributed by atoms with Crippen LogP contribution >= 0.6 is 0 Å². The summed E-state index contributed by atoms with van der Waals surface area (Å²) in [6.07, 6.45) is 3.65. The average molecular weight is 425 g/mol. The molecule has 0 unspecified atom stereocenters. The van der Waals surface area contributed by atoms with Gasteiger partial charge >= 0.3 is 0 Å². The van der Waals surface area contributed by atoms with Crippen LogP contribution in [0.4, 0.5) is 21.8 Å². The SMILES string of the molecule is COc1cc(F)ccc1Cn1cc(CNc2nc(C)c3c(n2)N(C)[C@@H](C)C(=O)N3)cn1. The van der Waals surface area contributed by atoms with Gasteiger partial charge < -0.3 is 20.3 Å². The normalized spacial score (nSPS) is 15.5. The number of anilines is 3.